The summed E-state index contributed by atoms with van der Waals surface area (Å²) in [6.45, 7) is 4.69. The summed E-state index contributed by atoms with van der Waals surface area (Å²) in [4.78, 5) is 11.6. The molecule has 3 rings (SSSR count). The van der Waals surface area contributed by atoms with E-state index >= 15 is 0 Å². The van der Waals surface area contributed by atoms with E-state index in [1.54, 1.807) is 14.2 Å². The minimum atomic E-state index is 0.108. The number of ether oxygens (including phenoxy) is 2. The predicted molar refractivity (Wildman–Crippen MR) is 121 cm³/mol. The highest BCUT2D eigenvalue weighted by Crippen LogP contribution is 2.28. The molecule has 1 aromatic heterocycles. The fourth-order valence-corrected chi connectivity index (χ4v) is 3.84. The van der Waals surface area contributed by atoms with Crippen LogP contribution in [0, 0.1) is 0 Å². The fraction of sp³-hybridized carbons (Fsp3) is 0.591. The molecule has 2 atom stereocenters. The van der Waals surface area contributed by atoms with E-state index in [9.17, 15) is 0 Å². The van der Waals surface area contributed by atoms with Gasteiger partial charge in [0.1, 0.15) is 18.2 Å². The molecule has 31 heavy (non-hydrogen) atoms. The van der Waals surface area contributed by atoms with Gasteiger partial charge in [-0.05, 0) is 33.5 Å². The molecule has 2 heterocycles. The third kappa shape index (κ3) is 5.95. The van der Waals surface area contributed by atoms with Crippen molar-refractivity contribution in [2.24, 2.45) is 4.99 Å². The molecule has 0 fully saturated rings. The number of aromatic nitrogens is 3. The first-order chi connectivity index (χ1) is 15.0. The first-order valence-corrected chi connectivity index (χ1v) is 10.8. The van der Waals surface area contributed by atoms with E-state index in [1.807, 2.05) is 22.9 Å². The lowest BCUT2D eigenvalue weighted by atomic mass is 10.0. The Balaban J connectivity index is 1.70. The van der Waals surface area contributed by atoms with Crippen molar-refractivity contribution in [2.75, 3.05) is 41.4 Å². The van der Waals surface area contributed by atoms with Crippen molar-refractivity contribution in [3.63, 3.8) is 0 Å². The number of nitrogens with zero attached hydrogens (tertiary/aromatic N) is 5. The molecule has 0 amide bonds. The van der Waals surface area contributed by atoms with Gasteiger partial charge in [0.25, 0.3) is 0 Å². The molecular formula is C22H35N7O2. The van der Waals surface area contributed by atoms with Gasteiger partial charge in [-0.15, -0.1) is 0 Å². The van der Waals surface area contributed by atoms with Gasteiger partial charge in [0.05, 0.1) is 26.2 Å². The van der Waals surface area contributed by atoms with Crippen molar-refractivity contribution in [2.45, 2.75) is 45.0 Å². The quantitative estimate of drug-likeness (QED) is 0.462. The number of hydrogen-bond donors (Lipinski definition) is 2. The van der Waals surface area contributed by atoms with E-state index < -0.39 is 0 Å². The van der Waals surface area contributed by atoms with Crippen LogP contribution >= 0.6 is 0 Å². The molecule has 9 nitrogen and oxygen atoms in total. The van der Waals surface area contributed by atoms with Crippen molar-refractivity contribution in [3.8, 4) is 5.75 Å². The molecular weight excluding hydrogens is 394 g/mol. The Morgan fingerprint density at radius 1 is 1.32 bits per heavy atom. The van der Waals surface area contributed by atoms with Crippen LogP contribution in [-0.4, -0.2) is 73.1 Å². The third-order valence-corrected chi connectivity index (χ3v) is 5.40. The van der Waals surface area contributed by atoms with E-state index in [0.717, 1.165) is 54.9 Å². The average Bonchev–Trinajstić information content (AvgIpc) is 3.16. The number of guanidine groups is 1. The second-order valence-electron chi connectivity index (χ2n) is 7.88. The van der Waals surface area contributed by atoms with Crippen molar-refractivity contribution in [1.29, 1.82) is 0 Å². The Kier molecular flexibility index (Phi) is 8.25. The topological polar surface area (TPSA) is 88.8 Å². The molecule has 2 aromatic rings. The number of rotatable bonds is 9. The Morgan fingerprint density at radius 2 is 2.13 bits per heavy atom. The Hall–Kier alpha value is -2.65. The number of fused-ring (bicyclic) bond motifs is 1. The van der Waals surface area contributed by atoms with Crippen LogP contribution in [0.4, 0.5) is 0 Å². The summed E-state index contributed by atoms with van der Waals surface area (Å²) in [5.74, 6) is 3.46. The third-order valence-electron chi connectivity index (χ3n) is 5.40. The maximum atomic E-state index is 5.57. The molecule has 2 N–H and O–H groups in total. The number of para-hydroxylation sites is 1. The molecule has 1 aromatic carbocycles. The molecule has 2 unspecified atom stereocenters. The SMILES string of the molecule is CCNC(=NCC(c1ccccc1OC)N(C)C)NC1CCc2nc(COC)nn2C1. The first kappa shape index (κ1) is 23.0. The molecule has 0 aliphatic carbocycles. The lowest BCUT2D eigenvalue weighted by Crippen LogP contribution is -2.47. The minimum absolute atomic E-state index is 0.108. The van der Waals surface area contributed by atoms with Crippen LogP contribution in [0.2, 0.25) is 0 Å². The number of aryl methyl sites for hydroxylation is 1. The summed E-state index contributed by atoms with van der Waals surface area (Å²) < 4.78 is 12.7. The maximum absolute atomic E-state index is 5.57. The van der Waals surface area contributed by atoms with Gasteiger partial charge in [0, 0.05) is 31.7 Å². The number of hydrogen-bond acceptors (Lipinski definition) is 6. The molecule has 1 aliphatic heterocycles. The zero-order valence-corrected chi connectivity index (χ0v) is 19.3. The molecule has 0 bridgehead atoms. The van der Waals surface area contributed by atoms with Gasteiger partial charge in [-0.3, -0.25) is 4.99 Å². The highest BCUT2D eigenvalue weighted by Gasteiger charge is 2.23. The van der Waals surface area contributed by atoms with Gasteiger partial charge in [0.15, 0.2) is 11.8 Å². The predicted octanol–water partition coefficient (Wildman–Crippen LogP) is 1.61. The van der Waals surface area contributed by atoms with Crippen LogP contribution in [0.15, 0.2) is 29.3 Å². The lowest BCUT2D eigenvalue weighted by molar-refractivity contribution is 0.177. The van der Waals surface area contributed by atoms with Gasteiger partial charge in [-0.25, -0.2) is 9.67 Å². The van der Waals surface area contributed by atoms with Crippen molar-refractivity contribution in [1.82, 2.24) is 30.3 Å². The van der Waals surface area contributed by atoms with Crippen LogP contribution in [0.25, 0.3) is 0 Å². The van der Waals surface area contributed by atoms with Crippen LogP contribution < -0.4 is 15.4 Å². The fourth-order valence-electron chi connectivity index (χ4n) is 3.84. The normalized spacial score (nSPS) is 17.4. The highest BCUT2D eigenvalue weighted by molar-refractivity contribution is 5.80. The van der Waals surface area contributed by atoms with E-state index in [2.05, 4.69) is 52.7 Å². The second kappa shape index (κ2) is 11.1. The number of nitrogens with one attached hydrogen (secondary N) is 2. The Bertz CT molecular complexity index is 865. The molecule has 0 saturated carbocycles. The maximum Gasteiger partial charge on any atom is 0.191 e. The summed E-state index contributed by atoms with van der Waals surface area (Å²) in [6, 6.07) is 8.47. The summed E-state index contributed by atoms with van der Waals surface area (Å²) >= 11 is 0. The largest absolute Gasteiger partial charge is 0.496 e. The van der Waals surface area contributed by atoms with Crippen LogP contribution in [-0.2, 0) is 24.3 Å². The number of likely N-dealkylation sites (N-methyl/N-ethyl adjacent to an activating group) is 1. The first-order valence-electron chi connectivity index (χ1n) is 10.8. The average molecular weight is 430 g/mol. The second-order valence-corrected chi connectivity index (χ2v) is 7.88. The van der Waals surface area contributed by atoms with E-state index in [0.29, 0.717) is 13.2 Å². The number of aliphatic imine (C=N–C) groups is 1. The zero-order chi connectivity index (χ0) is 22.2. The van der Waals surface area contributed by atoms with Gasteiger partial charge >= 0.3 is 0 Å². The van der Waals surface area contributed by atoms with Crippen LogP contribution in [0.1, 0.15) is 36.6 Å². The van der Waals surface area contributed by atoms with E-state index in [1.165, 1.54) is 0 Å². The van der Waals surface area contributed by atoms with E-state index in [4.69, 9.17) is 14.5 Å². The molecule has 0 saturated heterocycles. The van der Waals surface area contributed by atoms with Gasteiger partial charge in [-0.1, -0.05) is 18.2 Å². The summed E-state index contributed by atoms with van der Waals surface area (Å²) in [7, 11) is 7.51. The number of benzene rings is 1. The summed E-state index contributed by atoms with van der Waals surface area (Å²) in [6.07, 6.45) is 1.87. The molecule has 9 heteroatoms. The van der Waals surface area contributed by atoms with Gasteiger partial charge in [0.2, 0.25) is 0 Å². The Labute approximate surface area is 184 Å². The van der Waals surface area contributed by atoms with Crippen molar-refractivity contribution < 1.29 is 9.47 Å². The monoisotopic (exact) mass is 429 g/mol. The lowest BCUT2D eigenvalue weighted by Gasteiger charge is -2.27. The molecule has 1 aliphatic rings. The van der Waals surface area contributed by atoms with Crippen molar-refractivity contribution >= 4 is 5.96 Å². The zero-order valence-electron chi connectivity index (χ0n) is 19.3. The minimum Gasteiger partial charge on any atom is -0.496 e. The number of methoxy groups -OCH3 is 2. The van der Waals surface area contributed by atoms with Gasteiger partial charge < -0.3 is 25.0 Å². The van der Waals surface area contributed by atoms with Gasteiger partial charge in [-0.2, -0.15) is 5.10 Å². The molecule has 0 spiro atoms. The molecule has 170 valence electrons. The Morgan fingerprint density at radius 3 is 2.84 bits per heavy atom. The summed E-state index contributed by atoms with van der Waals surface area (Å²) in [5.41, 5.74) is 1.13. The standard InChI is InChI=1S/C22H35N7O2/c1-6-23-22(24-13-18(28(2)3)17-9-7-8-10-19(17)31-5)25-16-11-12-21-26-20(15-30-4)27-29(21)14-16/h7-10,16,18H,6,11-15H2,1-5H3,(H2,23,24,25). The van der Waals surface area contributed by atoms with Crippen LogP contribution in [0.3, 0.4) is 0 Å². The summed E-state index contributed by atoms with van der Waals surface area (Å²) in [5, 5.41) is 11.5. The van der Waals surface area contributed by atoms with Crippen molar-refractivity contribution in [3.05, 3.63) is 41.5 Å². The van der Waals surface area contributed by atoms with Crippen LogP contribution in [0.5, 0.6) is 5.75 Å². The smallest absolute Gasteiger partial charge is 0.191 e. The highest BCUT2D eigenvalue weighted by atomic mass is 16.5. The molecule has 0 radical (unpaired) electrons. The van der Waals surface area contributed by atoms with E-state index in [-0.39, 0.29) is 12.1 Å².